The van der Waals surface area contributed by atoms with Crippen LogP contribution in [0.5, 0.6) is 0 Å². The van der Waals surface area contributed by atoms with E-state index < -0.39 is 12.0 Å². The first kappa shape index (κ1) is 8.68. The van der Waals surface area contributed by atoms with Crippen molar-refractivity contribution in [3.05, 3.63) is 28.0 Å². The van der Waals surface area contributed by atoms with Crippen molar-refractivity contribution in [1.29, 1.82) is 0 Å². The molecule has 0 atom stereocenters. The van der Waals surface area contributed by atoms with E-state index in [9.17, 15) is 8.78 Å². The topological polar surface area (TPSA) is 12.9 Å². The van der Waals surface area contributed by atoms with Crippen LogP contribution in [0, 0.1) is 0 Å². The van der Waals surface area contributed by atoms with E-state index in [1.54, 1.807) is 0 Å². The van der Waals surface area contributed by atoms with Crippen LogP contribution in [0.3, 0.4) is 0 Å². The highest BCUT2D eigenvalue weighted by Crippen LogP contribution is 2.31. The van der Waals surface area contributed by atoms with Gasteiger partial charge in [0.25, 0.3) is 6.43 Å². The number of alkyl halides is 2. The first-order valence-corrected chi connectivity index (χ1v) is 3.46. The molecule has 60 valence electrons. The van der Waals surface area contributed by atoms with E-state index in [2.05, 4.69) is 4.98 Å². The average Bonchev–Trinajstić information content (AvgIpc) is 1.85. The van der Waals surface area contributed by atoms with Crippen LogP contribution in [0.15, 0.2) is 12.3 Å². The minimum Gasteiger partial charge on any atom is -0.244 e. The minimum absolute atomic E-state index is 0.0556. The molecule has 0 amide bonds. The normalized spacial score (nSPS) is 10.6. The minimum atomic E-state index is -2.68. The van der Waals surface area contributed by atoms with Crippen molar-refractivity contribution >= 4 is 23.2 Å². The zero-order chi connectivity index (χ0) is 8.43. The molecule has 0 saturated carbocycles. The predicted octanol–water partition coefficient (Wildman–Crippen LogP) is 3.33. The van der Waals surface area contributed by atoms with Crippen LogP contribution in [-0.4, -0.2) is 4.98 Å². The monoisotopic (exact) mass is 197 g/mol. The lowest BCUT2D eigenvalue weighted by molar-refractivity contribution is 0.151. The van der Waals surface area contributed by atoms with Crippen LogP contribution in [0.4, 0.5) is 8.78 Å². The van der Waals surface area contributed by atoms with Gasteiger partial charge in [0, 0.05) is 6.20 Å². The number of nitrogens with zero attached hydrogens (tertiary/aromatic N) is 1. The number of aromatic nitrogens is 1. The smallest absolute Gasteiger partial charge is 0.244 e. The van der Waals surface area contributed by atoms with E-state index in [1.165, 1.54) is 12.3 Å². The van der Waals surface area contributed by atoms with Gasteiger partial charge in [-0.15, -0.1) is 0 Å². The van der Waals surface area contributed by atoms with Gasteiger partial charge in [-0.3, -0.25) is 0 Å². The molecule has 5 heteroatoms. The summed E-state index contributed by atoms with van der Waals surface area (Å²) in [6, 6.07) is 1.27. The first-order valence-electron chi connectivity index (χ1n) is 2.71. The van der Waals surface area contributed by atoms with Gasteiger partial charge in [0.2, 0.25) is 0 Å². The second-order valence-electron chi connectivity index (χ2n) is 1.80. The Morgan fingerprint density at radius 3 is 2.36 bits per heavy atom. The summed E-state index contributed by atoms with van der Waals surface area (Å²) in [5, 5.41) is -0.299. The average molecular weight is 198 g/mol. The second-order valence-corrected chi connectivity index (χ2v) is 2.56. The number of pyridine rings is 1. The molecule has 0 N–H and O–H groups in total. The highest BCUT2D eigenvalue weighted by Gasteiger charge is 2.16. The van der Waals surface area contributed by atoms with Crippen LogP contribution >= 0.6 is 23.2 Å². The van der Waals surface area contributed by atoms with Gasteiger partial charge in [-0.1, -0.05) is 23.2 Å². The second kappa shape index (κ2) is 3.32. The van der Waals surface area contributed by atoms with E-state index in [1.807, 2.05) is 0 Å². The van der Waals surface area contributed by atoms with Crippen LogP contribution in [0.25, 0.3) is 0 Å². The lowest BCUT2D eigenvalue weighted by atomic mass is 10.3. The molecular formula is C6H3Cl2F2N. The maximum Gasteiger partial charge on any atom is 0.268 e. The Morgan fingerprint density at radius 1 is 1.36 bits per heavy atom. The summed E-state index contributed by atoms with van der Waals surface area (Å²) in [5.74, 6) is 0. The van der Waals surface area contributed by atoms with Crippen LogP contribution in [-0.2, 0) is 0 Å². The molecule has 0 aliphatic carbocycles. The van der Waals surface area contributed by atoms with Crippen LogP contribution < -0.4 is 0 Å². The Bertz CT molecular complexity index is 245. The lowest BCUT2D eigenvalue weighted by Crippen LogP contribution is -1.89. The van der Waals surface area contributed by atoms with Gasteiger partial charge < -0.3 is 0 Å². The molecule has 0 unspecified atom stereocenters. The molecule has 1 aromatic heterocycles. The molecule has 11 heavy (non-hydrogen) atoms. The number of halogens is 4. The Hall–Kier alpha value is -0.410. The fourth-order valence-corrected chi connectivity index (χ4v) is 1.14. The molecule has 0 bridgehead atoms. The first-order chi connectivity index (χ1) is 5.13. The summed E-state index contributed by atoms with van der Waals surface area (Å²) in [6.07, 6.45) is -1.40. The van der Waals surface area contributed by atoms with Crippen molar-refractivity contribution in [2.24, 2.45) is 0 Å². The maximum atomic E-state index is 12.1. The predicted molar refractivity (Wildman–Crippen MR) is 39.2 cm³/mol. The summed E-state index contributed by atoms with van der Waals surface area (Å²) in [6.45, 7) is 0. The zero-order valence-corrected chi connectivity index (χ0v) is 6.70. The van der Waals surface area contributed by atoms with Crippen molar-refractivity contribution in [2.45, 2.75) is 6.43 Å². The van der Waals surface area contributed by atoms with Crippen LogP contribution in [0.1, 0.15) is 12.0 Å². The summed E-state index contributed by atoms with van der Waals surface area (Å²) in [7, 11) is 0. The third-order valence-electron chi connectivity index (χ3n) is 1.11. The van der Waals surface area contributed by atoms with E-state index in [4.69, 9.17) is 23.2 Å². The van der Waals surface area contributed by atoms with Crippen molar-refractivity contribution < 1.29 is 8.78 Å². The Balaban J connectivity index is 3.21. The molecule has 1 rings (SSSR count). The van der Waals surface area contributed by atoms with Crippen molar-refractivity contribution in [3.8, 4) is 0 Å². The molecule has 0 aliphatic heterocycles. The molecule has 1 nitrogen and oxygen atoms in total. The zero-order valence-electron chi connectivity index (χ0n) is 5.19. The number of rotatable bonds is 1. The summed E-state index contributed by atoms with van der Waals surface area (Å²) < 4.78 is 24.2. The van der Waals surface area contributed by atoms with Crippen molar-refractivity contribution in [2.75, 3.05) is 0 Å². The van der Waals surface area contributed by atoms with Gasteiger partial charge in [0.05, 0.1) is 10.6 Å². The van der Waals surface area contributed by atoms with E-state index in [-0.39, 0.29) is 10.2 Å². The quantitative estimate of drug-likeness (QED) is 0.630. The van der Waals surface area contributed by atoms with Gasteiger partial charge in [-0.2, -0.15) is 0 Å². The fourth-order valence-electron chi connectivity index (χ4n) is 0.620. The Kier molecular flexibility index (Phi) is 2.62. The van der Waals surface area contributed by atoms with Gasteiger partial charge >= 0.3 is 0 Å². The SMILES string of the molecule is FC(F)c1c(Cl)ccnc1Cl. The Labute approximate surface area is 72.0 Å². The van der Waals surface area contributed by atoms with E-state index >= 15 is 0 Å². The van der Waals surface area contributed by atoms with Crippen molar-refractivity contribution in [3.63, 3.8) is 0 Å². The van der Waals surface area contributed by atoms with Crippen LogP contribution in [0.2, 0.25) is 10.2 Å². The highest BCUT2D eigenvalue weighted by atomic mass is 35.5. The molecular weight excluding hydrogens is 195 g/mol. The molecule has 0 aliphatic rings. The molecule has 0 aromatic carbocycles. The van der Waals surface area contributed by atoms with Gasteiger partial charge in [-0.05, 0) is 6.07 Å². The maximum absolute atomic E-state index is 12.1. The fraction of sp³-hybridized carbons (Fsp3) is 0.167. The molecule has 0 radical (unpaired) electrons. The molecule has 1 heterocycles. The van der Waals surface area contributed by atoms with Crippen molar-refractivity contribution in [1.82, 2.24) is 4.98 Å². The number of hydrogen-bond acceptors (Lipinski definition) is 1. The molecule has 1 aromatic rings. The van der Waals surface area contributed by atoms with E-state index in [0.29, 0.717) is 0 Å². The molecule has 0 fully saturated rings. The van der Waals surface area contributed by atoms with E-state index in [0.717, 1.165) is 0 Å². The standard InChI is InChI=1S/C6H3Cl2F2N/c7-3-1-2-11-5(8)4(3)6(9)10/h1-2,6H. The third-order valence-corrected chi connectivity index (χ3v) is 1.74. The molecule has 0 spiro atoms. The largest absolute Gasteiger partial charge is 0.268 e. The number of hydrogen-bond donors (Lipinski definition) is 0. The van der Waals surface area contributed by atoms with Gasteiger partial charge in [-0.25, -0.2) is 13.8 Å². The summed E-state index contributed by atoms with van der Waals surface area (Å²) in [4.78, 5) is 3.46. The highest BCUT2D eigenvalue weighted by molar-refractivity contribution is 6.35. The molecule has 0 saturated heterocycles. The third kappa shape index (κ3) is 1.79. The van der Waals surface area contributed by atoms with Gasteiger partial charge in [0.15, 0.2) is 0 Å². The van der Waals surface area contributed by atoms with Gasteiger partial charge in [0.1, 0.15) is 5.15 Å². The lowest BCUT2D eigenvalue weighted by Gasteiger charge is -2.02. The summed E-state index contributed by atoms with van der Waals surface area (Å²) in [5.41, 5.74) is -0.407. The Morgan fingerprint density at radius 2 is 2.00 bits per heavy atom. The summed E-state index contributed by atoms with van der Waals surface area (Å²) >= 11 is 10.8.